The maximum Gasteiger partial charge on any atom is 0.320 e. The largest absolute Gasteiger partial charge is 0.507 e. The van der Waals surface area contributed by atoms with Gasteiger partial charge in [0.05, 0.1) is 23.8 Å². The van der Waals surface area contributed by atoms with Crippen molar-refractivity contribution in [2.24, 2.45) is 0 Å². The van der Waals surface area contributed by atoms with Gasteiger partial charge in [-0.05, 0) is 38.4 Å². The Morgan fingerprint density at radius 1 is 0.882 bits per heavy atom. The number of phenols is 3. The van der Waals surface area contributed by atoms with Crippen LogP contribution in [0.5, 0.6) is 23.0 Å². The number of rotatable bonds is 9. The summed E-state index contributed by atoms with van der Waals surface area (Å²) < 4.78 is 28.5. The van der Waals surface area contributed by atoms with Crippen molar-refractivity contribution in [1.29, 1.82) is 0 Å². The predicted molar refractivity (Wildman–Crippen MR) is 170 cm³/mol. The highest BCUT2D eigenvalue weighted by Gasteiger charge is 2.48. The van der Waals surface area contributed by atoms with Crippen molar-refractivity contribution in [3.63, 3.8) is 0 Å². The van der Waals surface area contributed by atoms with E-state index >= 15 is 0 Å². The Balaban J connectivity index is 1.38. The highest BCUT2D eigenvalue weighted by atomic mass is 16.7. The van der Waals surface area contributed by atoms with E-state index in [0.29, 0.717) is 19.4 Å². The number of hydrogen-bond acceptors (Lipinski definition) is 17. The molecule has 0 radical (unpaired) electrons. The summed E-state index contributed by atoms with van der Waals surface area (Å²) in [7, 11) is 0. The summed E-state index contributed by atoms with van der Waals surface area (Å²) in [5.74, 6) is -3.93. The lowest BCUT2D eigenvalue weighted by molar-refractivity contribution is -0.318. The van der Waals surface area contributed by atoms with Gasteiger partial charge in [-0.15, -0.1) is 0 Å². The number of aliphatic hydroxyl groups excluding tert-OH is 6. The van der Waals surface area contributed by atoms with Crippen LogP contribution in [-0.2, 0) is 25.5 Å². The number of carboxylic acid groups (broad SMARTS) is 1. The van der Waals surface area contributed by atoms with E-state index < -0.39 is 120 Å². The summed E-state index contributed by atoms with van der Waals surface area (Å²) in [5.41, 5.74) is -1.58. The maximum absolute atomic E-state index is 14.2. The molecule has 3 aliphatic rings. The van der Waals surface area contributed by atoms with Crippen LogP contribution in [0.25, 0.3) is 22.3 Å². The van der Waals surface area contributed by atoms with Gasteiger partial charge in [0.2, 0.25) is 17.5 Å². The Kier molecular flexibility index (Phi) is 10.4. The summed E-state index contributed by atoms with van der Waals surface area (Å²) in [6.45, 7) is 0.940. The summed E-state index contributed by atoms with van der Waals surface area (Å²) >= 11 is 0. The molecule has 18 nitrogen and oxygen atoms in total. The van der Waals surface area contributed by atoms with E-state index in [9.17, 15) is 60.7 Å². The zero-order chi connectivity index (χ0) is 36.9. The first-order valence-corrected chi connectivity index (χ1v) is 16.2. The number of carboxylic acids is 1. The molecule has 11 atom stereocenters. The number of para-hydroxylation sites is 1. The summed E-state index contributed by atoms with van der Waals surface area (Å²) in [6.07, 6.45) is -15.6. The standard InChI is InChI=1S/C33H39NO17/c1-12-21(38)24(41)26(43)32(48-12)47-11-19-22(39)25(42)27(44)33(49-19)51-30-23(40)20-18(37)9-17(36)14(10-34-8-4-6-15(34)31(45)46)28(20)50-29(30)13-5-2-3-7-16(13)35/h2-3,5,7,9,12,15,19,21-22,24-27,32-33,35-39,41-44H,4,6,8,10-11H2,1H3,(H,45,46)/t12-,15+,19-,21-,22-,24-,25-,26-,27-,32+,33-/m0/s1. The fourth-order valence-corrected chi connectivity index (χ4v) is 6.58. The van der Waals surface area contributed by atoms with Crippen LogP contribution in [0.2, 0.25) is 0 Å². The van der Waals surface area contributed by atoms with Gasteiger partial charge in [-0.1, -0.05) is 12.1 Å². The van der Waals surface area contributed by atoms with Gasteiger partial charge < -0.3 is 74.4 Å². The second kappa shape index (κ2) is 14.5. The van der Waals surface area contributed by atoms with Gasteiger partial charge in [0.15, 0.2) is 17.6 Å². The van der Waals surface area contributed by atoms with Gasteiger partial charge >= 0.3 is 5.97 Å². The lowest BCUT2D eigenvalue weighted by atomic mass is 9.98. The van der Waals surface area contributed by atoms with E-state index in [1.54, 1.807) is 4.90 Å². The summed E-state index contributed by atoms with van der Waals surface area (Å²) in [5, 5.41) is 104. The smallest absolute Gasteiger partial charge is 0.320 e. The summed E-state index contributed by atoms with van der Waals surface area (Å²) in [6, 6.07) is 5.57. The highest BCUT2D eigenvalue weighted by molar-refractivity contribution is 5.91. The topological polar surface area (TPSA) is 290 Å². The number of nitrogens with zero attached hydrogens (tertiary/aromatic N) is 1. The number of ether oxygens (including phenoxy) is 4. The van der Waals surface area contributed by atoms with E-state index in [0.717, 1.165) is 6.07 Å². The second-order valence-corrected chi connectivity index (χ2v) is 12.8. The molecule has 6 rings (SSSR count). The third-order valence-corrected chi connectivity index (χ3v) is 9.48. The first-order valence-electron chi connectivity index (χ1n) is 16.2. The number of aliphatic hydroxyl groups is 6. The number of aromatic hydroxyl groups is 3. The third kappa shape index (κ3) is 6.83. The van der Waals surface area contributed by atoms with Crippen LogP contribution in [-0.4, -0.2) is 143 Å². The van der Waals surface area contributed by atoms with Crippen molar-refractivity contribution in [3.8, 4) is 34.3 Å². The average Bonchev–Trinajstić information content (AvgIpc) is 3.57. The van der Waals surface area contributed by atoms with Crippen molar-refractivity contribution >= 4 is 16.9 Å². The molecule has 0 unspecified atom stereocenters. The van der Waals surface area contributed by atoms with Gasteiger partial charge in [-0.25, -0.2) is 0 Å². The van der Waals surface area contributed by atoms with Crippen LogP contribution in [0.1, 0.15) is 25.3 Å². The third-order valence-electron chi connectivity index (χ3n) is 9.48. The molecule has 0 spiro atoms. The molecule has 51 heavy (non-hydrogen) atoms. The monoisotopic (exact) mass is 721 g/mol. The maximum atomic E-state index is 14.2. The number of likely N-dealkylation sites (tertiary alicyclic amines) is 1. The van der Waals surface area contributed by atoms with Gasteiger partial charge in [0.1, 0.15) is 71.4 Å². The van der Waals surface area contributed by atoms with Crippen molar-refractivity contribution in [2.45, 2.75) is 93.8 Å². The molecule has 1 aromatic heterocycles. The fourth-order valence-electron chi connectivity index (χ4n) is 6.58. The van der Waals surface area contributed by atoms with Crippen LogP contribution in [0, 0.1) is 0 Å². The molecule has 0 amide bonds. The van der Waals surface area contributed by atoms with Crippen LogP contribution in [0.15, 0.2) is 39.5 Å². The normalized spacial score (nSPS) is 33.0. The SMILES string of the molecule is C[C@@H]1O[C@@H](OC[C@@H]2O[C@@H](Oc3c(-c4ccccc4O)oc4c(CN5CCC[C@@H]5C(=O)O)c(O)cc(O)c4c3=O)[C@@H](O)[C@@H](O)[C@H]2O)[C@@H](O)[C@@H](O)[C@H]1O. The van der Waals surface area contributed by atoms with Crippen LogP contribution < -0.4 is 10.2 Å². The van der Waals surface area contributed by atoms with Gasteiger partial charge in [0.25, 0.3) is 0 Å². The van der Waals surface area contributed by atoms with Crippen LogP contribution >= 0.6 is 0 Å². The zero-order valence-corrected chi connectivity index (χ0v) is 27.1. The molecule has 3 fully saturated rings. The van der Waals surface area contributed by atoms with E-state index in [2.05, 4.69) is 0 Å². The van der Waals surface area contributed by atoms with Crippen molar-refractivity contribution in [2.75, 3.05) is 13.2 Å². The molecule has 3 aromatic rings. The zero-order valence-electron chi connectivity index (χ0n) is 27.1. The van der Waals surface area contributed by atoms with Crippen molar-refractivity contribution in [1.82, 2.24) is 4.90 Å². The molecule has 0 saturated carbocycles. The Labute approximate surface area is 288 Å². The molecule has 2 aromatic carbocycles. The van der Waals surface area contributed by atoms with E-state index in [4.69, 9.17) is 23.4 Å². The highest BCUT2D eigenvalue weighted by Crippen LogP contribution is 2.42. The quantitative estimate of drug-likeness (QED) is 0.122. The second-order valence-electron chi connectivity index (χ2n) is 12.8. The number of carbonyl (C=O) groups is 1. The Hall–Kier alpha value is -4.08. The number of benzene rings is 2. The van der Waals surface area contributed by atoms with E-state index in [-0.39, 0.29) is 23.3 Å². The number of fused-ring (bicyclic) bond motifs is 1. The molecule has 18 heteroatoms. The minimum Gasteiger partial charge on any atom is -0.507 e. The average molecular weight is 722 g/mol. The Morgan fingerprint density at radius 3 is 2.27 bits per heavy atom. The first-order chi connectivity index (χ1) is 24.2. The lowest BCUT2D eigenvalue weighted by Gasteiger charge is -2.42. The molecular formula is C33H39NO17. The molecular weight excluding hydrogens is 682 g/mol. The van der Waals surface area contributed by atoms with E-state index in [1.807, 2.05) is 0 Å². The molecule has 0 aliphatic carbocycles. The van der Waals surface area contributed by atoms with E-state index in [1.165, 1.54) is 31.2 Å². The number of hydrogen-bond donors (Lipinski definition) is 10. The molecule has 4 heterocycles. The minimum atomic E-state index is -2.01. The predicted octanol–water partition coefficient (Wildman–Crippen LogP) is -1.34. The number of phenolic OH excluding ortho intramolecular Hbond substituents is 3. The fraction of sp³-hybridized carbons (Fsp3) is 0.515. The molecule has 278 valence electrons. The number of aliphatic carboxylic acids is 1. The van der Waals surface area contributed by atoms with Crippen molar-refractivity contribution < 1.29 is 79.2 Å². The van der Waals surface area contributed by atoms with Gasteiger partial charge in [-0.3, -0.25) is 14.5 Å². The van der Waals surface area contributed by atoms with Crippen LogP contribution in [0.3, 0.4) is 0 Å². The van der Waals surface area contributed by atoms with Gasteiger partial charge in [0, 0.05) is 12.6 Å². The molecule has 10 N–H and O–H groups in total. The van der Waals surface area contributed by atoms with Gasteiger partial charge in [-0.2, -0.15) is 0 Å². The molecule has 3 saturated heterocycles. The molecule has 3 aliphatic heterocycles. The van der Waals surface area contributed by atoms with Crippen LogP contribution in [0.4, 0.5) is 0 Å². The minimum absolute atomic E-state index is 0.0416. The first kappa shape index (κ1) is 36.7. The Bertz CT molecular complexity index is 1820. The van der Waals surface area contributed by atoms with Crippen molar-refractivity contribution in [3.05, 3.63) is 46.1 Å². The summed E-state index contributed by atoms with van der Waals surface area (Å²) in [4.78, 5) is 27.6. The lowest BCUT2D eigenvalue weighted by Crippen LogP contribution is -2.61. The Morgan fingerprint density at radius 2 is 1.57 bits per heavy atom. The molecule has 0 bridgehead atoms.